The number of likely N-dealkylation sites (N-methyl/N-ethyl adjacent to an activating group) is 1. The predicted molar refractivity (Wildman–Crippen MR) is 84.4 cm³/mol. The lowest BCUT2D eigenvalue weighted by molar-refractivity contribution is -0.135. The molecule has 4 nitrogen and oxygen atoms in total. The van der Waals surface area contributed by atoms with E-state index in [9.17, 15) is 4.79 Å². The first-order valence-corrected chi connectivity index (χ1v) is 7.66. The molecule has 0 bridgehead atoms. The Morgan fingerprint density at radius 2 is 1.81 bits per heavy atom. The number of hydrogen-bond donors (Lipinski definition) is 1. The summed E-state index contributed by atoms with van der Waals surface area (Å²) in [5, 5.41) is 0. The minimum absolute atomic E-state index is 0.0454. The Kier molecular flexibility index (Phi) is 4.88. The average molecular weight is 290 g/mol. The Hall–Kier alpha value is -1.55. The van der Waals surface area contributed by atoms with Gasteiger partial charge in [0.1, 0.15) is 12.4 Å². The van der Waals surface area contributed by atoms with Gasteiger partial charge in [-0.25, -0.2) is 0 Å². The summed E-state index contributed by atoms with van der Waals surface area (Å²) in [6.07, 6.45) is 3.70. The van der Waals surface area contributed by atoms with Gasteiger partial charge in [-0.1, -0.05) is 18.9 Å². The summed E-state index contributed by atoms with van der Waals surface area (Å²) in [6, 6.07) is 6.13. The largest absolute Gasteiger partial charge is 0.492 e. The molecule has 4 heteroatoms. The molecule has 1 amide bonds. The molecule has 21 heavy (non-hydrogen) atoms. The van der Waals surface area contributed by atoms with Crippen molar-refractivity contribution in [3.63, 3.8) is 0 Å². The van der Waals surface area contributed by atoms with Crippen molar-refractivity contribution in [2.45, 2.75) is 45.1 Å². The molecule has 1 fully saturated rings. The summed E-state index contributed by atoms with van der Waals surface area (Å²) >= 11 is 0. The molecule has 0 radical (unpaired) electrons. The maximum absolute atomic E-state index is 12.4. The van der Waals surface area contributed by atoms with Gasteiger partial charge in [0.2, 0.25) is 5.91 Å². The lowest BCUT2D eigenvalue weighted by atomic mass is 9.97. The summed E-state index contributed by atoms with van der Waals surface area (Å²) in [7, 11) is 1.81. The molecule has 0 heterocycles. The van der Waals surface area contributed by atoms with Crippen LogP contribution < -0.4 is 10.5 Å². The first-order valence-electron chi connectivity index (χ1n) is 7.66. The zero-order valence-corrected chi connectivity index (χ0v) is 13.3. The summed E-state index contributed by atoms with van der Waals surface area (Å²) < 4.78 is 5.75. The van der Waals surface area contributed by atoms with Gasteiger partial charge >= 0.3 is 0 Å². The van der Waals surface area contributed by atoms with Crippen molar-refractivity contribution in [1.29, 1.82) is 0 Å². The first-order chi connectivity index (χ1) is 9.90. The average Bonchev–Trinajstić information content (AvgIpc) is 2.85. The molecular formula is C17H26N2O2. The van der Waals surface area contributed by atoms with Crippen molar-refractivity contribution in [2.75, 3.05) is 20.2 Å². The van der Waals surface area contributed by atoms with Gasteiger partial charge in [-0.05, 0) is 49.9 Å². The van der Waals surface area contributed by atoms with E-state index in [1.807, 2.05) is 26.0 Å². The maximum atomic E-state index is 12.4. The van der Waals surface area contributed by atoms with E-state index in [2.05, 4.69) is 6.07 Å². The summed E-state index contributed by atoms with van der Waals surface area (Å²) in [4.78, 5) is 14.1. The fraction of sp³-hybridized carbons (Fsp3) is 0.588. The second kappa shape index (κ2) is 6.48. The molecular weight excluding hydrogens is 264 g/mol. The Labute approximate surface area is 127 Å². The summed E-state index contributed by atoms with van der Waals surface area (Å²) in [6.45, 7) is 5.15. The van der Waals surface area contributed by atoms with E-state index in [1.165, 1.54) is 11.1 Å². The molecule has 0 saturated heterocycles. The van der Waals surface area contributed by atoms with Gasteiger partial charge in [0.25, 0.3) is 0 Å². The number of amides is 1. The molecule has 1 saturated carbocycles. The van der Waals surface area contributed by atoms with Gasteiger partial charge in [-0.2, -0.15) is 0 Å². The highest BCUT2D eigenvalue weighted by molar-refractivity contribution is 5.86. The Morgan fingerprint density at radius 1 is 1.24 bits per heavy atom. The third-order valence-electron chi connectivity index (χ3n) is 4.16. The molecule has 116 valence electrons. The number of ether oxygens (including phenoxy) is 1. The van der Waals surface area contributed by atoms with E-state index in [-0.39, 0.29) is 5.91 Å². The third-order valence-corrected chi connectivity index (χ3v) is 4.16. The highest BCUT2D eigenvalue weighted by Gasteiger charge is 2.38. The summed E-state index contributed by atoms with van der Waals surface area (Å²) in [5.74, 6) is 0.903. The fourth-order valence-electron chi connectivity index (χ4n) is 3.02. The van der Waals surface area contributed by atoms with Crippen LogP contribution in [0.1, 0.15) is 36.8 Å². The molecule has 1 aromatic rings. The van der Waals surface area contributed by atoms with Gasteiger partial charge in [0.05, 0.1) is 12.1 Å². The van der Waals surface area contributed by atoms with Gasteiger partial charge < -0.3 is 15.4 Å². The number of hydrogen-bond acceptors (Lipinski definition) is 3. The topological polar surface area (TPSA) is 55.6 Å². The van der Waals surface area contributed by atoms with Crippen molar-refractivity contribution in [1.82, 2.24) is 4.90 Å². The van der Waals surface area contributed by atoms with Gasteiger partial charge in [0, 0.05) is 7.05 Å². The number of rotatable bonds is 5. The molecule has 0 aromatic heterocycles. The molecule has 0 atom stereocenters. The maximum Gasteiger partial charge on any atom is 0.242 e. The quantitative estimate of drug-likeness (QED) is 0.906. The lowest BCUT2D eigenvalue weighted by Crippen LogP contribution is -2.53. The van der Waals surface area contributed by atoms with E-state index in [0.29, 0.717) is 13.2 Å². The van der Waals surface area contributed by atoms with E-state index in [0.717, 1.165) is 31.4 Å². The molecule has 0 spiro atoms. The number of aryl methyl sites for hydroxylation is 2. The minimum atomic E-state index is -0.644. The molecule has 1 aliphatic carbocycles. The van der Waals surface area contributed by atoms with Crippen molar-refractivity contribution in [3.8, 4) is 5.75 Å². The van der Waals surface area contributed by atoms with Crippen LogP contribution in [0.15, 0.2) is 18.2 Å². The number of benzene rings is 1. The van der Waals surface area contributed by atoms with Crippen LogP contribution in [0, 0.1) is 13.8 Å². The van der Waals surface area contributed by atoms with Crippen LogP contribution in [0.3, 0.4) is 0 Å². The van der Waals surface area contributed by atoms with Crippen LogP contribution in [0.5, 0.6) is 5.75 Å². The monoisotopic (exact) mass is 290 g/mol. The zero-order valence-electron chi connectivity index (χ0n) is 13.3. The standard InChI is InChI=1S/C17H26N2O2/c1-13-10-14(2)12-15(11-13)21-9-8-19(3)16(20)17(18)6-4-5-7-17/h10-12H,4-9,18H2,1-3H3. The Balaban J connectivity index is 1.83. The van der Waals surface area contributed by atoms with Gasteiger partial charge in [-0.15, -0.1) is 0 Å². The van der Waals surface area contributed by atoms with Crippen molar-refractivity contribution in [2.24, 2.45) is 5.73 Å². The first kappa shape index (κ1) is 15.8. The van der Waals surface area contributed by atoms with Crippen molar-refractivity contribution in [3.05, 3.63) is 29.3 Å². The smallest absolute Gasteiger partial charge is 0.242 e. The second-order valence-corrected chi connectivity index (χ2v) is 6.26. The van der Waals surface area contributed by atoms with E-state index in [1.54, 1.807) is 11.9 Å². The molecule has 0 unspecified atom stereocenters. The SMILES string of the molecule is Cc1cc(C)cc(OCCN(C)C(=O)C2(N)CCCC2)c1. The molecule has 1 aromatic carbocycles. The van der Waals surface area contributed by atoms with Gasteiger partial charge in [-0.3, -0.25) is 4.79 Å². The Bertz CT molecular complexity index is 487. The van der Waals surface area contributed by atoms with Crippen LogP contribution >= 0.6 is 0 Å². The number of carbonyl (C=O) groups is 1. The van der Waals surface area contributed by atoms with E-state index in [4.69, 9.17) is 10.5 Å². The number of nitrogens with two attached hydrogens (primary N) is 1. The van der Waals surface area contributed by atoms with E-state index >= 15 is 0 Å². The van der Waals surface area contributed by atoms with E-state index < -0.39 is 5.54 Å². The normalized spacial score (nSPS) is 16.8. The van der Waals surface area contributed by atoms with Crippen LogP contribution in [-0.4, -0.2) is 36.5 Å². The molecule has 2 rings (SSSR count). The summed E-state index contributed by atoms with van der Waals surface area (Å²) in [5.41, 5.74) is 7.91. The van der Waals surface area contributed by atoms with Crippen molar-refractivity contribution < 1.29 is 9.53 Å². The van der Waals surface area contributed by atoms with Gasteiger partial charge in [0.15, 0.2) is 0 Å². The van der Waals surface area contributed by atoms with Crippen LogP contribution in [0.2, 0.25) is 0 Å². The second-order valence-electron chi connectivity index (χ2n) is 6.26. The van der Waals surface area contributed by atoms with Crippen LogP contribution in [-0.2, 0) is 4.79 Å². The predicted octanol–water partition coefficient (Wildman–Crippen LogP) is 2.41. The number of carbonyl (C=O) groups excluding carboxylic acids is 1. The molecule has 1 aliphatic rings. The lowest BCUT2D eigenvalue weighted by Gasteiger charge is -2.28. The highest BCUT2D eigenvalue weighted by Crippen LogP contribution is 2.28. The zero-order chi connectivity index (χ0) is 15.5. The molecule has 0 aliphatic heterocycles. The fourth-order valence-corrected chi connectivity index (χ4v) is 3.02. The molecule has 2 N–H and O–H groups in total. The third kappa shape index (κ3) is 3.97. The Morgan fingerprint density at radius 3 is 2.38 bits per heavy atom. The van der Waals surface area contributed by atoms with Crippen molar-refractivity contribution >= 4 is 5.91 Å². The number of nitrogens with zero attached hydrogens (tertiary/aromatic N) is 1. The van der Waals surface area contributed by atoms with Crippen LogP contribution in [0.25, 0.3) is 0 Å². The van der Waals surface area contributed by atoms with Crippen LogP contribution in [0.4, 0.5) is 0 Å². The highest BCUT2D eigenvalue weighted by atomic mass is 16.5. The minimum Gasteiger partial charge on any atom is -0.492 e.